The highest BCUT2D eigenvalue weighted by Gasteiger charge is 2.43. The zero-order valence-electron chi connectivity index (χ0n) is 9.00. The van der Waals surface area contributed by atoms with Crippen LogP contribution in [0.5, 0.6) is 0 Å². The first-order valence-corrected chi connectivity index (χ1v) is 5.59. The zero-order valence-corrected chi connectivity index (χ0v) is 9.00. The smallest absolute Gasteiger partial charge is 0.157 e. The minimum absolute atomic E-state index is 0.107. The van der Waals surface area contributed by atoms with Crippen molar-refractivity contribution in [2.24, 2.45) is 0 Å². The predicted octanol–water partition coefficient (Wildman–Crippen LogP) is 1.77. The largest absolute Gasteiger partial charge is 0.385 e. The van der Waals surface area contributed by atoms with Crippen LogP contribution in [0.4, 0.5) is 0 Å². The summed E-state index contributed by atoms with van der Waals surface area (Å²) in [6, 6.07) is 0. The van der Waals surface area contributed by atoms with Crippen molar-refractivity contribution in [3.05, 3.63) is 17.9 Å². The summed E-state index contributed by atoms with van der Waals surface area (Å²) in [6.07, 6.45) is 4.12. The minimum Gasteiger partial charge on any atom is -0.385 e. The van der Waals surface area contributed by atoms with Crippen LogP contribution in [0, 0.1) is 0 Å². The second kappa shape index (κ2) is 4.50. The van der Waals surface area contributed by atoms with Gasteiger partial charge >= 0.3 is 0 Å². The second-order valence-corrected chi connectivity index (χ2v) is 4.25. The molecule has 3 nitrogen and oxygen atoms in total. The quantitative estimate of drug-likeness (QED) is 0.719. The fourth-order valence-corrected chi connectivity index (χ4v) is 1.87. The van der Waals surface area contributed by atoms with Crippen LogP contribution in [-0.2, 0) is 9.47 Å². The van der Waals surface area contributed by atoms with E-state index in [1.807, 2.05) is 0 Å². The van der Waals surface area contributed by atoms with Crippen LogP contribution in [0.1, 0.15) is 32.1 Å². The SMILES string of the molecule is C=C=C(CCC1OCCCO1)C1(O)CC1. The number of rotatable bonds is 4. The summed E-state index contributed by atoms with van der Waals surface area (Å²) in [5.74, 6) is 0. The molecular formula is C12H18O3. The van der Waals surface area contributed by atoms with Crippen LogP contribution < -0.4 is 0 Å². The molecule has 15 heavy (non-hydrogen) atoms. The Morgan fingerprint density at radius 2 is 2.07 bits per heavy atom. The van der Waals surface area contributed by atoms with E-state index < -0.39 is 5.60 Å². The molecule has 84 valence electrons. The molecule has 1 saturated carbocycles. The lowest BCUT2D eigenvalue weighted by molar-refractivity contribution is -0.180. The van der Waals surface area contributed by atoms with Crippen LogP contribution in [0.2, 0.25) is 0 Å². The highest BCUT2D eigenvalue weighted by atomic mass is 16.7. The highest BCUT2D eigenvalue weighted by molar-refractivity contribution is 5.22. The molecule has 2 fully saturated rings. The van der Waals surface area contributed by atoms with Gasteiger partial charge in [-0.15, -0.1) is 5.73 Å². The first-order valence-electron chi connectivity index (χ1n) is 5.59. The molecule has 2 aliphatic rings. The lowest BCUT2D eigenvalue weighted by atomic mass is 10.0. The van der Waals surface area contributed by atoms with Crippen LogP contribution >= 0.6 is 0 Å². The molecule has 0 aromatic carbocycles. The van der Waals surface area contributed by atoms with Crippen molar-refractivity contribution in [2.75, 3.05) is 13.2 Å². The van der Waals surface area contributed by atoms with Crippen molar-refractivity contribution in [1.82, 2.24) is 0 Å². The molecular weight excluding hydrogens is 192 g/mol. The molecule has 1 heterocycles. The Labute approximate surface area is 90.4 Å². The first kappa shape index (κ1) is 10.9. The normalized spacial score (nSPS) is 24.6. The third-order valence-electron chi connectivity index (χ3n) is 3.02. The van der Waals surface area contributed by atoms with E-state index >= 15 is 0 Å². The van der Waals surface area contributed by atoms with Gasteiger partial charge in [0.25, 0.3) is 0 Å². The molecule has 1 aliphatic heterocycles. The van der Waals surface area contributed by atoms with Crippen LogP contribution in [0.25, 0.3) is 0 Å². The van der Waals surface area contributed by atoms with Crippen molar-refractivity contribution in [1.29, 1.82) is 0 Å². The topological polar surface area (TPSA) is 38.7 Å². The standard InChI is InChI=1S/C12H18O3/c1-2-10(12(13)6-7-12)4-5-11-14-8-3-9-15-11/h11,13H,1,3-9H2. The van der Waals surface area contributed by atoms with Crippen molar-refractivity contribution in [3.8, 4) is 0 Å². The van der Waals surface area contributed by atoms with E-state index in [2.05, 4.69) is 12.3 Å². The third-order valence-corrected chi connectivity index (χ3v) is 3.02. The van der Waals surface area contributed by atoms with Crippen molar-refractivity contribution >= 4 is 0 Å². The van der Waals surface area contributed by atoms with Crippen molar-refractivity contribution in [3.63, 3.8) is 0 Å². The van der Waals surface area contributed by atoms with Crippen LogP contribution in [0.3, 0.4) is 0 Å². The summed E-state index contributed by atoms with van der Waals surface area (Å²) >= 11 is 0. The van der Waals surface area contributed by atoms with Gasteiger partial charge in [0.05, 0.1) is 18.8 Å². The van der Waals surface area contributed by atoms with Gasteiger partial charge in [0.1, 0.15) is 0 Å². The number of hydrogen-bond donors (Lipinski definition) is 1. The Morgan fingerprint density at radius 1 is 1.40 bits per heavy atom. The van der Waals surface area contributed by atoms with Gasteiger partial charge in [0, 0.05) is 12.0 Å². The number of hydrogen-bond acceptors (Lipinski definition) is 3. The summed E-state index contributed by atoms with van der Waals surface area (Å²) in [4.78, 5) is 0. The van der Waals surface area contributed by atoms with Crippen molar-refractivity contribution < 1.29 is 14.6 Å². The van der Waals surface area contributed by atoms with Gasteiger partial charge in [-0.05, 0) is 25.7 Å². The minimum atomic E-state index is -0.601. The average Bonchev–Trinajstić information content (AvgIpc) is 3.00. The molecule has 0 amide bonds. The molecule has 2 rings (SSSR count). The second-order valence-electron chi connectivity index (χ2n) is 4.25. The molecule has 0 atom stereocenters. The zero-order chi connectivity index (χ0) is 10.7. The van der Waals surface area contributed by atoms with Gasteiger partial charge in [-0.3, -0.25) is 0 Å². The third kappa shape index (κ3) is 2.70. The Balaban J connectivity index is 1.78. The average molecular weight is 210 g/mol. The molecule has 0 aromatic heterocycles. The van der Waals surface area contributed by atoms with E-state index in [4.69, 9.17) is 9.47 Å². The van der Waals surface area contributed by atoms with Crippen molar-refractivity contribution in [2.45, 2.75) is 44.0 Å². The number of ether oxygens (including phenoxy) is 2. The Bertz CT molecular complexity index is 269. The van der Waals surface area contributed by atoms with E-state index in [1.54, 1.807) is 0 Å². The van der Waals surface area contributed by atoms with E-state index in [-0.39, 0.29) is 6.29 Å². The summed E-state index contributed by atoms with van der Waals surface area (Å²) in [5.41, 5.74) is 3.17. The Morgan fingerprint density at radius 3 is 2.60 bits per heavy atom. The van der Waals surface area contributed by atoms with Crippen LogP contribution in [-0.4, -0.2) is 30.2 Å². The van der Waals surface area contributed by atoms with E-state index in [0.717, 1.165) is 50.9 Å². The molecule has 0 aromatic rings. The van der Waals surface area contributed by atoms with Gasteiger partial charge in [-0.1, -0.05) is 6.58 Å². The first-order chi connectivity index (χ1) is 7.24. The Hall–Kier alpha value is -0.600. The van der Waals surface area contributed by atoms with Crippen LogP contribution in [0.15, 0.2) is 17.9 Å². The highest BCUT2D eigenvalue weighted by Crippen LogP contribution is 2.43. The summed E-state index contributed by atoms with van der Waals surface area (Å²) in [5, 5.41) is 9.90. The summed E-state index contributed by atoms with van der Waals surface area (Å²) in [7, 11) is 0. The molecule has 0 spiro atoms. The molecule has 0 unspecified atom stereocenters. The summed E-state index contributed by atoms with van der Waals surface area (Å²) < 4.78 is 10.9. The monoisotopic (exact) mass is 210 g/mol. The van der Waals surface area contributed by atoms with E-state index in [1.165, 1.54) is 0 Å². The molecule has 0 bridgehead atoms. The van der Waals surface area contributed by atoms with Gasteiger partial charge in [0.2, 0.25) is 0 Å². The maximum absolute atomic E-state index is 9.90. The fourth-order valence-electron chi connectivity index (χ4n) is 1.87. The molecule has 1 saturated heterocycles. The lowest BCUT2D eigenvalue weighted by Gasteiger charge is -2.23. The maximum Gasteiger partial charge on any atom is 0.157 e. The predicted molar refractivity (Wildman–Crippen MR) is 56.4 cm³/mol. The van der Waals surface area contributed by atoms with Gasteiger partial charge in [-0.25, -0.2) is 0 Å². The van der Waals surface area contributed by atoms with E-state index in [0.29, 0.717) is 0 Å². The maximum atomic E-state index is 9.90. The van der Waals surface area contributed by atoms with Gasteiger partial charge in [0.15, 0.2) is 6.29 Å². The number of aliphatic hydroxyl groups is 1. The Kier molecular flexibility index (Phi) is 3.27. The molecule has 0 radical (unpaired) electrons. The van der Waals surface area contributed by atoms with Gasteiger partial charge < -0.3 is 14.6 Å². The molecule has 1 aliphatic carbocycles. The summed E-state index contributed by atoms with van der Waals surface area (Å²) in [6.45, 7) is 5.19. The fraction of sp³-hybridized carbons (Fsp3) is 0.750. The lowest BCUT2D eigenvalue weighted by Crippen LogP contribution is -2.25. The van der Waals surface area contributed by atoms with Gasteiger partial charge in [-0.2, -0.15) is 0 Å². The molecule has 1 N–H and O–H groups in total. The van der Waals surface area contributed by atoms with E-state index in [9.17, 15) is 5.11 Å². The molecule has 3 heteroatoms.